The first-order chi connectivity index (χ1) is 11.4. The molecule has 5 heteroatoms. The maximum absolute atomic E-state index is 11.8. The number of benzene rings is 1. The van der Waals surface area contributed by atoms with Crippen molar-refractivity contribution in [2.75, 3.05) is 19.7 Å². The van der Waals surface area contributed by atoms with Crippen molar-refractivity contribution >= 4 is 5.91 Å². The Morgan fingerprint density at radius 1 is 1.29 bits per heavy atom. The molecule has 5 nitrogen and oxygen atoms in total. The molecule has 0 N–H and O–H groups in total. The van der Waals surface area contributed by atoms with Crippen LogP contribution in [0.4, 0.5) is 0 Å². The van der Waals surface area contributed by atoms with E-state index in [-0.39, 0.29) is 24.0 Å². The average Bonchev–Trinajstić information content (AvgIpc) is 2.75. The Labute approximate surface area is 143 Å². The number of rotatable bonds is 4. The van der Waals surface area contributed by atoms with Crippen LogP contribution in [0.25, 0.3) is 0 Å². The lowest BCUT2D eigenvalue weighted by molar-refractivity contribution is -0.158. The fourth-order valence-electron chi connectivity index (χ4n) is 3.56. The Kier molecular flexibility index (Phi) is 5.23. The molecule has 1 amide bonds. The number of carbonyl (C=O) groups excluding carboxylic acids is 1. The first-order valence-electron chi connectivity index (χ1n) is 8.67. The number of carbonyl (C=O) groups is 1. The molecule has 2 fully saturated rings. The van der Waals surface area contributed by atoms with Crippen molar-refractivity contribution in [1.82, 2.24) is 4.90 Å². The van der Waals surface area contributed by atoms with Crippen molar-refractivity contribution < 1.29 is 19.0 Å². The number of hydrogen-bond donors (Lipinski definition) is 0. The highest BCUT2D eigenvalue weighted by atomic mass is 16.8. The van der Waals surface area contributed by atoms with Gasteiger partial charge in [-0.2, -0.15) is 0 Å². The van der Waals surface area contributed by atoms with Gasteiger partial charge >= 0.3 is 0 Å². The van der Waals surface area contributed by atoms with Gasteiger partial charge in [-0.05, 0) is 25.8 Å². The van der Waals surface area contributed by atoms with Crippen LogP contribution in [0.1, 0.15) is 32.8 Å². The van der Waals surface area contributed by atoms with Gasteiger partial charge < -0.3 is 19.1 Å². The van der Waals surface area contributed by atoms with Crippen molar-refractivity contribution in [1.29, 1.82) is 0 Å². The SMILES string of the molecule is CC(=O)N1CC[C@H](COCc2ccccc2)[C@@H]2OC(C)(C)O[C@@H]2C1. The van der Waals surface area contributed by atoms with Gasteiger partial charge in [-0.3, -0.25) is 4.79 Å². The zero-order valence-corrected chi connectivity index (χ0v) is 14.7. The topological polar surface area (TPSA) is 48.0 Å². The lowest BCUT2D eigenvalue weighted by Crippen LogP contribution is -2.39. The second-order valence-electron chi connectivity index (χ2n) is 7.15. The van der Waals surface area contributed by atoms with Crippen LogP contribution in [0.15, 0.2) is 30.3 Å². The summed E-state index contributed by atoms with van der Waals surface area (Å²) in [5.74, 6) is -0.287. The fraction of sp³-hybridized carbons (Fsp3) is 0.632. The van der Waals surface area contributed by atoms with Gasteiger partial charge in [0.25, 0.3) is 0 Å². The number of nitrogens with zero attached hydrogens (tertiary/aromatic N) is 1. The zero-order chi connectivity index (χ0) is 17.2. The van der Waals surface area contributed by atoms with Crippen LogP contribution in [-0.4, -0.2) is 48.5 Å². The predicted octanol–water partition coefficient (Wildman–Crippen LogP) is 2.59. The second kappa shape index (κ2) is 7.21. The Morgan fingerprint density at radius 2 is 2.04 bits per heavy atom. The Balaban J connectivity index is 1.63. The molecule has 3 rings (SSSR count). The van der Waals surface area contributed by atoms with Gasteiger partial charge in [-0.15, -0.1) is 0 Å². The van der Waals surface area contributed by atoms with E-state index in [9.17, 15) is 4.79 Å². The number of hydrogen-bond acceptors (Lipinski definition) is 4. The monoisotopic (exact) mass is 333 g/mol. The summed E-state index contributed by atoms with van der Waals surface area (Å²) in [5.41, 5.74) is 1.16. The third-order valence-electron chi connectivity index (χ3n) is 4.75. The van der Waals surface area contributed by atoms with Gasteiger partial charge in [0, 0.05) is 25.9 Å². The molecule has 2 aliphatic heterocycles. The van der Waals surface area contributed by atoms with Gasteiger partial charge in [0.1, 0.15) is 6.10 Å². The molecule has 0 bridgehead atoms. The summed E-state index contributed by atoms with van der Waals surface area (Å²) in [5, 5.41) is 0. The smallest absolute Gasteiger partial charge is 0.219 e. The number of amides is 1. The molecule has 1 aromatic rings. The molecule has 1 aromatic carbocycles. The lowest BCUT2D eigenvalue weighted by atomic mass is 9.97. The van der Waals surface area contributed by atoms with Gasteiger partial charge in [0.2, 0.25) is 5.91 Å². The summed E-state index contributed by atoms with van der Waals surface area (Å²) < 4.78 is 18.1. The average molecular weight is 333 g/mol. The molecule has 0 aromatic heterocycles. The van der Waals surface area contributed by atoms with E-state index in [4.69, 9.17) is 14.2 Å². The van der Waals surface area contributed by atoms with Gasteiger partial charge in [-0.1, -0.05) is 30.3 Å². The highest BCUT2D eigenvalue weighted by molar-refractivity contribution is 5.73. The van der Waals surface area contributed by atoms with Crippen molar-refractivity contribution in [2.45, 2.75) is 51.8 Å². The quantitative estimate of drug-likeness (QED) is 0.850. The van der Waals surface area contributed by atoms with Crippen molar-refractivity contribution in [3.8, 4) is 0 Å². The predicted molar refractivity (Wildman–Crippen MR) is 90.3 cm³/mol. The largest absolute Gasteiger partial charge is 0.376 e. The van der Waals surface area contributed by atoms with E-state index in [1.807, 2.05) is 36.9 Å². The summed E-state index contributed by atoms with van der Waals surface area (Å²) >= 11 is 0. The van der Waals surface area contributed by atoms with E-state index >= 15 is 0 Å². The third-order valence-corrected chi connectivity index (χ3v) is 4.75. The van der Waals surface area contributed by atoms with E-state index in [1.165, 1.54) is 0 Å². The van der Waals surface area contributed by atoms with Crippen molar-refractivity contribution in [2.24, 2.45) is 5.92 Å². The van der Waals surface area contributed by atoms with E-state index in [2.05, 4.69) is 12.1 Å². The Hall–Kier alpha value is -1.43. The molecule has 0 unspecified atom stereocenters. The van der Waals surface area contributed by atoms with E-state index in [1.54, 1.807) is 6.92 Å². The summed E-state index contributed by atoms with van der Waals surface area (Å²) in [6.07, 6.45) is 0.756. The van der Waals surface area contributed by atoms with Crippen LogP contribution < -0.4 is 0 Å². The van der Waals surface area contributed by atoms with E-state index in [0.717, 1.165) is 18.5 Å². The molecule has 2 heterocycles. The normalized spacial score (nSPS) is 29.1. The summed E-state index contributed by atoms with van der Waals surface area (Å²) in [6, 6.07) is 10.2. The van der Waals surface area contributed by atoms with Crippen LogP contribution in [0.3, 0.4) is 0 Å². The van der Waals surface area contributed by atoms with Crippen LogP contribution in [0.5, 0.6) is 0 Å². The molecule has 132 valence electrons. The number of ether oxygens (including phenoxy) is 3. The molecule has 3 atom stereocenters. The minimum atomic E-state index is -0.604. The van der Waals surface area contributed by atoms with Crippen LogP contribution in [0, 0.1) is 5.92 Å². The molecule has 0 saturated carbocycles. The maximum Gasteiger partial charge on any atom is 0.219 e. The van der Waals surface area contributed by atoms with E-state index in [0.29, 0.717) is 19.8 Å². The molecule has 2 saturated heterocycles. The highest BCUT2D eigenvalue weighted by Gasteiger charge is 2.47. The number of fused-ring (bicyclic) bond motifs is 1. The fourth-order valence-corrected chi connectivity index (χ4v) is 3.56. The zero-order valence-electron chi connectivity index (χ0n) is 14.7. The summed E-state index contributed by atoms with van der Waals surface area (Å²) in [6.45, 7) is 8.01. The summed E-state index contributed by atoms with van der Waals surface area (Å²) in [4.78, 5) is 13.7. The van der Waals surface area contributed by atoms with E-state index < -0.39 is 5.79 Å². The molecular formula is C19H27NO4. The van der Waals surface area contributed by atoms with Crippen LogP contribution >= 0.6 is 0 Å². The highest BCUT2D eigenvalue weighted by Crippen LogP contribution is 2.36. The Morgan fingerprint density at radius 3 is 2.75 bits per heavy atom. The van der Waals surface area contributed by atoms with Gasteiger partial charge in [0.05, 0.1) is 19.3 Å². The Bertz CT molecular complexity index is 560. The molecule has 0 radical (unpaired) electrons. The minimum absolute atomic E-state index is 0.0277. The first kappa shape index (κ1) is 17.4. The van der Waals surface area contributed by atoms with Gasteiger partial charge in [-0.25, -0.2) is 0 Å². The molecule has 0 aliphatic carbocycles. The van der Waals surface area contributed by atoms with Crippen molar-refractivity contribution in [3.05, 3.63) is 35.9 Å². The third kappa shape index (κ3) is 4.15. The molecule has 24 heavy (non-hydrogen) atoms. The van der Waals surface area contributed by atoms with Crippen LogP contribution in [-0.2, 0) is 25.6 Å². The van der Waals surface area contributed by atoms with Gasteiger partial charge in [0.15, 0.2) is 5.79 Å². The summed E-state index contributed by atoms with van der Waals surface area (Å²) in [7, 11) is 0. The standard InChI is InChI=1S/C19H27NO4/c1-14(21)20-10-9-16(13-22-12-15-7-5-4-6-8-15)18-17(11-20)23-19(2,3)24-18/h4-8,16-18H,9-13H2,1-3H3/t16-,17-,18+/m1/s1. The van der Waals surface area contributed by atoms with Crippen LogP contribution in [0.2, 0.25) is 0 Å². The first-order valence-corrected chi connectivity index (χ1v) is 8.67. The second-order valence-corrected chi connectivity index (χ2v) is 7.15. The molecular weight excluding hydrogens is 306 g/mol. The molecule has 2 aliphatic rings. The lowest BCUT2D eigenvalue weighted by Gasteiger charge is -2.24. The number of likely N-dealkylation sites (tertiary alicyclic amines) is 1. The molecule has 0 spiro atoms. The van der Waals surface area contributed by atoms with Crippen molar-refractivity contribution in [3.63, 3.8) is 0 Å². The minimum Gasteiger partial charge on any atom is -0.376 e. The maximum atomic E-state index is 11.8.